The summed E-state index contributed by atoms with van der Waals surface area (Å²) in [4.78, 5) is 11.8. The molecule has 2 heteroatoms. The van der Waals surface area contributed by atoms with Crippen molar-refractivity contribution in [2.75, 3.05) is 7.11 Å². The quantitative estimate of drug-likeness (QED) is 0.697. The fraction of sp³-hybridized carbons (Fsp3) is 0.938. The Hall–Kier alpha value is -0.370. The van der Waals surface area contributed by atoms with Gasteiger partial charge in [-0.2, -0.15) is 0 Å². The van der Waals surface area contributed by atoms with Gasteiger partial charge in [-0.1, -0.05) is 13.3 Å². The monoisotopic (exact) mass is 250 g/mol. The summed E-state index contributed by atoms with van der Waals surface area (Å²) >= 11 is 0. The number of hydrogen-bond donors (Lipinski definition) is 0. The Labute approximate surface area is 110 Å². The standard InChI is InChI=1S/C16H26O2/c1-3-4-16(11-17,18-2)15-8-12-5-13(9-15)7-14(6-12)10-15/h11-14H,3-10H2,1-2H3. The smallest absolute Gasteiger partial charge is 0.152 e. The summed E-state index contributed by atoms with van der Waals surface area (Å²) in [7, 11) is 1.75. The Bertz CT molecular complexity index is 301. The van der Waals surface area contributed by atoms with E-state index in [0.29, 0.717) is 0 Å². The zero-order chi connectivity index (χ0) is 12.8. The van der Waals surface area contributed by atoms with E-state index in [-0.39, 0.29) is 5.41 Å². The Balaban J connectivity index is 1.95. The molecule has 1 unspecified atom stereocenters. The molecule has 0 radical (unpaired) electrons. The van der Waals surface area contributed by atoms with Gasteiger partial charge in [0.15, 0.2) is 6.29 Å². The Morgan fingerprint density at radius 3 is 2.00 bits per heavy atom. The molecule has 0 aromatic rings. The third kappa shape index (κ3) is 1.61. The first-order valence-corrected chi connectivity index (χ1v) is 7.68. The predicted molar refractivity (Wildman–Crippen MR) is 71.3 cm³/mol. The Morgan fingerprint density at radius 2 is 1.67 bits per heavy atom. The Kier molecular flexibility index (Phi) is 3.04. The SMILES string of the molecule is CCCC(C=O)(OC)C12CC3CC(CC(C3)C1)C2. The summed E-state index contributed by atoms with van der Waals surface area (Å²) in [5, 5.41) is 0. The van der Waals surface area contributed by atoms with Crippen LogP contribution in [-0.4, -0.2) is 19.0 Å². The molecule has 4 bridgehead atoms. The fourth-order valence-electron chi connectivity index (χ4n) is 5.82. The third-order valence-electron chi connectivity index (χ3n) is 6.11. The van der Waals surface area contributed by atoms with Crippen molar-refractivity contribution in [3.63, 3.8) is 0 Å². The second-order valence-electron chi connectivity index (χ2n) is 7.16. The molecular weight excluding hydrogens is 224 g/mol. The van der Waals surface area contributed by atoms with Crippen molar-refractivity contribution in [2.24, 2.45) is 23.2 Å². The predicted octanol–water partition coefficient (Wildman–Crippen LogP) is 3.59. The van der Waals surface area contributed by atoms with Crippen LogP contribution in [0.1, 0.15) is 58.3 Å². The van der Waals surface area contributed by atoms with Gasteiger partial charge in [0.25, 0.3) is 0 Å². The van der Waals surface area contributed by atoms with Crippen molar-refractivity contribution in [1.82, 2.24) is 0 Å². The van der Waals surface area contributed by atoms with Crippen LogP contribution in [0.4, 0.5) is 0 Å². The maximum atomic E-state index is 11.8. The number of ether oxygens (including phenoxy) is 1. The molecule has 0 amide bonds. The van der Waals surface area contributed by atoms with Gasteiger partial charge in [0.05, 0.1) is 0 Å². The van der Waals surface area contributed by atoms with E-state index in [1.165, 1.54) is 38.5 Å². The zero-order valence-electron chi connectivity index (χ0n) is 11.8. The van der Waals surface area contributed by atoms with Crippen molar-refractivity contribution < 1.29 is 9.53 Å². The van der Waals surface area contributed by atoms with Gasteiger partial charge in [-0.3, -0.25) is 0 Å². The molecule has 0 N–H and O–H groups in total. The van der Waals surface area contributed by atoms with Gasteiger partial charge < -0.3 is 9.53 Å². The van der Waals surface area contributed by atoms with E-state index in [0.717, 1.165) is 36.9 Å². The van der Waals surface area contributed by atoms with E-state index in [9.17, 15) is 4.79 Å². The van der Waals surface area contributed by atoms with Gasteiger partial charge in [0.1, 0.15) is 5.60 Å². The highest BCUT2D eigenvalue weighted by Crippen LogP contribution is 2.64. The maximum absolute atomic E-state index is 11.8. The lowest BCUT2D eigenvalue weighted by molar-refractivity contribution is -0.190. The summed E-state index contributed by atoms with van der Waals surface area (Å²) in [6, 6.07) is 0. The van der Waals surface area contributed by atoms with E-state index >= 15 is 0 Å². The minimum atomic E-state index is -0.488. The van der Waals surface area contributed by atoms with Crippen molar-refractivity contribution >= 4 is 6.29 Å². The van der Waals surface area contributed by atoms with Crippen molar-refractivity contribution in [3.05, 3.63) is 0 Å². The lowest BCUT2D eigenvalue weighted by atomic mass is 9.45. The lowest BCUT2D eigenvalue weighted by Crippen LogP contribution is -2.60. The molecule has 4 saturated carbocycles. The second-order valence-corrected chi connectivity index (χ2v) is 7.16. The molecule has 0 aromatic carbocycles. The van der Waals surface area contributed by atoms with Crippen LogP contribution in [0, 0.1) is 23.2 Å². The van der Waals surface area contributed by atoms with Crippen LogP contribution in [0.25, 0.3) is 0 Å². The number of carbonyl (C=O) groups excluding carboxylic acids is 1. The van der Waals surface area contributed by atoms with Crippen molar-refractivity contribution in [1.29, 1.82) is 0 Å². The van der Waals surface area contributed by atoms with E-state index in [4.69, 9.17) is 4.74 Å². The molecule has 0 spiro atoms. The molecule has 102 valence electrons. The van der Waals surface area contributed by atoms with Crippen LogP contribution in [0.3, 0.4) is 0 Å². The van der Waals surface area contributed by atoms with E-state index < -0.39 is 5.60 Å². The highest BCUT2D eigenvalue weighted by molar-refractivity contribution is 5.65. The largest absolute Gasteiger partial charge is 0.370 e. The van der Waals surface area contributed by atoms with Crippen LogP contribution in [0.5, 0.6) is 0 Å². The van der Waals surface area contributed by atoms with Crippen molar-refractivity contribution in [3.8, 4) is 0 Å². The minimum Gasteiger partial charge on any atom is -0.370 e. The van der Waals surface area contributed by atoms with Gasteiger partial charge in [0.2, 0.25) is 0 Å². The normalized spacial score (nSPS) is 44.9. The summed E-state index contributed by atoms with van der Waals surface area (Å²) < 4.78 is 5.84. The number of carbonyl (C=O) groups is 1. The first kappa shape index (κ1) is 12.7. The highest BCUT2D eigenvalue weighted by Gasteiger charge is 2.60. The van der Waals surface area contributed by atoms with E-state index in [1.807, 2.05) is 0 Å². The molecule has 4 aliphatic rings. The topological polar surface area (TPSA) is 26.3 Å². The molecule has 4 rings (SSSR count). The summed E-state index contributed by atoms with van der Waals surface area (Å²) in [6.07, 6.45) is 11.1. The number of methoxy groups -OCH3 is 1. The van der Waals surface area contributed by atoms with Gasteiger partial charge >= 0.3 is 0 Å². The van der Waals surface area contributed by atoms with Crippen LogP contribution >= 0.6 is 0 Å². The first-order chi connectivity index (χ1) is 8.67. The average Bonchev–Trinajstić information content (AvgIpc) is 2.34. The van der Waals surface area contributed by atoms with E-state index in [1.54, 1.807) is 7.11 Å². The molecule has 4 fully saturated rings. The van der Waals surface area contributed by atoms with Crippen LogP contribution in [0.15, 0.2) is 0 Å². The molecular formula is C16H26O2. The molecule has 4 aliphatic carbocycles. The van der Waals surface area contributed by atoms with Gasteiger partial charge in [0, 0.05) is 12.5 Å². The molecule has 18 heavy (non-hydrogen) atoms. The van der Waals surface area contributed by atoms with Crippen LogP contribution in [-0.2, 0) is 9.53 Å². The van der Waals surface area contributed by atoms with Gasteiger partial charge in [-0.25, -0.2) is 0 Å². The highest BCUT2D eigenvalue weighted by atomic mass is 16.5. The molecule has 0 aromatic heterocycles. The first-order valence-electron chi connectivity index (χ1n) is 7.68. The second kappa shape index (κ2) is 4.33. The summed E-state index contributed by atoms with van der Waals surface area (Å²) in [6.45, 7) is 2.16. The number of rotatable bonds is 5. The number of hydrogen-bond acceptors (Lipinski definition) is 2. The molecule has 0 aliphatic heterocycles. The number of aldehydes is 1. The molecule has 0 saturated heterocycles. The van der Waals surface area contributed by atoms with Crippen molar-refractivity contribution in [2.45, 2.75) is 63.9 Å². The minimum absolute atomic E-state index is 0.175. The summed E-state index contributed by atoms with van der Waals surface area (Å²) in [5.41, 5.74) is -0.313. The van der Waals surface area contributed by atoms with E-state index in [2.05, 4.69) is 6.92 Å². The summed E-state index contributed by atoms with van der Waals surface area (Å²) in [5.74, 6) is 2.63. The van der Waals surface area contributed by atoms with Crippen LogP contribution < -0.4 is 0 Å². The molecule has 1 atom stereocenters. The Morgan fingerprint density at radius 1 is 1.17 bits per heavy atom. The molecule has 2 nitrogen and oxygen atoms in total. The fourth-order valence-corrected chi connectivity index (χ4v) is 5.82. The lowest BCUT2D eigenvalue weighted by Gasteiger charge is -2.61. The van der Waals surface area contributed by atoms with Crippen LogP contribution in [0.2, 0.25) is 0 Å². The maximum Gasteiger partial charge on any atom is 0.152 e. The van der Waals surface area contributed by atoms with Gasteiger partial charge in [-0.05, 0) is 62.7 Å². The third-order valence-corrected chi connectivity index (χ3v) is 6.11. The zero-order valence-corrected chi connectivity index (χ0v) is 11.8. The van der Waals surface area contributed by atoms with Gasteiger partial charge in [-0.15, -0.1) is 0 Å². The average molecular weight is 250 g/mol. The molecule has 0 heterocycles.